The van der Waals surface area contributed by atoms with Crippen molar-refractivity contribution >= 4 is 17.5 Å². The number of ether oxygens (including phenoxy) is 1. The number of amides is 2. The summed E-state index contributed by atoms with van der Waals surface area (Å²) >= 11 is 0. The number of halogens is 1. The van der Waals surface area contributed by atoms with Crippen molar-refractivity contribution < 1.29 is 13.9 Å². The van der Waals surface area contributed by atoms with Gasteiger partial charge in [0.1, 0.15) is 34.9 Å². The molecule has 0 spiro atoms. The second-order valence-electron chi connectivity index (χ2n) is 9.14. The van der Waals surface area contributed by atoms with Crippen LogP contribution in [0, 0.1) is 17.1 Å². The molecule has 200 valence electrons. The first-order chi connectivity index (χ1) is 19.3. The van der Waals surface area contributed by atoms with E-state index in [-0.39, 0.29) is 23.0 Å². The van der Waals surface area contributed by atoms with Crippen molar-refractivity contribution in [3.63, 3.8) is 0 Å². The molecular weight excluding hydrogens is 513 g/mol. The molecule has 0 saturated heterocycles. The van der Waals surface area contributed by atoms with Crippen LogP contribution >= 0.6 is 0 Å². The molecule has 4 heterocycles. The first-order valence-electron chi connectivity index (χ1n) is 12.3. The van der Waals surface area contributed by atoms with Crippen LogP contribution in [0.2, 0.25) is 0 Å². The number of pyridine rings is 2. The van der Waals surface area contributed by atoms with E-state index >= 15 is 0 Å². The smallest absolute Gasteiger partial charge is 0.324 e. The molecule has 0 unspecified atom stereocenters. The van der Waals surface area contributed by atoms with Gasteiger partial charge in [0.2, 0.25) is 0 Å². The maximum atomic E-state index is 14.9. The van der Waals surface area contributed by atoms with Crippen molar-refractivity contribution in [3.8, 4) is 34.5 Å². The van der Waals surface area contributed by atoms with E-state index in [4.69, 9.17) is 10.00 Å². The number of urea groups is 1. The number of rotatable bonds is 7. The second kappa shape index (κ2) is 11.0. The van der Waals surface area contributed by atoms with Crippen molar-refractivity contribution in [1.82, 2.24) is 29.5 Å². The lowest BCUT2D eigenvalue weighted by Gasteiger charge is -2.12. The Morgan fingerprint density at radius 1 is 1.05 bits per heavy atom. The first-order valence-corrected chi connectivity index (χ1v) is 12.3. The third-order valence-corrected chi connectivity index (χ3v) is 5.82. The lowest BCUT2D eigenvalue weighted by atomic mass is 10.1. The topological polar surface area (TPSA) is 136 Å². The van der Waals surface area contributed by atoms with Gasteiger partial charge >= 0.3 is 6.03 Å². The van der Waals surface area contributed by atoms with Crippen molar-refractivity contribution in [2.24, 2.45) is 7.05 Å². The SMILES string of the molecule is CC(C)c1cc(NC(=O)Nc2ccc(Oc3ccnc(-c4cnn(C)c4)c3)cc2F)n(-c2ccc(C#N)nc2)n1. The number of nitrogens with one attached hydrogen (secondary N) is 2. The number of aromatic nitrogens is 6. The molecule has 1 aromatic carbocycles. The summed E-state index contributed by atoms with van der Waals surface area (Å²) in [6.07, 6.45) is 6.60. The molecule has 5 rings (SSSR count). The number of nitriles is 1. The van der Waals surface area contributed by atoms with Crippen LogP contribution < -0.4 is 15.4 Å². The summed E-state index contributed by atoms with van der Waals surface area (Å²) in [5, 5.41) is 22.9. The van der Waals surface area contributed by atoms with E-state index < -0.39 is 11.8 Å². The van der Waals surface area contributed by atoms with Gasteiger partial charge in [-0.3, -0.25) is 15.0 Å². The standard InChI is InChI=1S/C28H24FN9O2/c1-17(2)25-12-27(38(36-25)20-5-4-19(13-30)32-15-20)35-28(39)34-24-7-6-21(10-23(24)29)40-22-8-9-31-26(11-22)18-14-33-37(3)16-18/h4-12,14-17H,1-3H3,(H2,34,35,39). The van der Waals surface area contributed by atoms with Crippen molar-refractivity contribution in [1.29, 1.82) is 5.26 Å². The van der Waals surface area contributed by atoms with Crippen molar-refractivity contribution in [3.05, 3.63) is 90.5 Å². The summed E-state index contributed by atoms with van der Waals surface area (Å²) in [4.78, 5) is 21.2. The Morgan fingerprint density at radius 3 is 2.55 bits per heavy atom. The highest BCUT2D eigenvalue weighted by atomic mass is 19.1. The number of hydrogen-bond donors (Lipinski definition) is 2. The molecule has 2 amide bonds. The predicted octanol–water partition coefficient (Wildman–Crippen LogP) is 5.63. The molecule has 40 heavy (non-hydrogen) atoms. The Balaban J connectivity index is 1.29. The minimum atomic E-state index is -0.679. The van der Waals surface area contributed by atoms with Crippen molar-refractivity contribution in [2.75, 3.05) is 10.6 Å². The zero-order valence-corrected chi connectivity index (χ0v) is 21.8. The molecule has 11 nitrogen and oxygen atoms in total. The Kier molecular flexibility index (Phi) is 7.19. The maximum absolute atomic E-state index is 14.9. The predicted molar refractivity (Wildman–Crippen MR) is 146 cm³/mol. The zero-order chi connectivity index (χ0) is 28.2. The fourth-order valence-corrected chi connectivity index (χ4v) is 3.80. The maximum Gasteiger partial charge on any atom is 0.324 e. The lowest BCUT2D eigenvalue weighted by molar-refractivity contribution is 0.262. The first kappa shape index (κ1) is 26.1. The van der Waals surface area contributed by atoms with Gasteiger partial charge in [0.15, 0.2) is 0 Å². The summed E-state index contributed by atoms with van der Waals surface area (Å²) < 4.78 is 23.9. The molecule has 0 aliphatic carbocycles. The van der Waals surface area contributed by atoms with Gasteiger partial charge in [-0.05, 0) is 36.2 Å². The van der Waals surface area contributed by atoms with Gasteiger partial charge in [-0.25, -0.2) is 18.9 Å². The van der Waals surface area contributed by atoms with Crippen LogP contribution in [0.5, 0.6) is 11.5 Å². The van der Waals surface area contributed by atoms with E-state index in [9.17, 15) is 9.18 Å². The zero-order valence-electron chi connectivity index (χ0n) is 21.8. The summed E-state index contributed by atoms with van der Waals surface area (Å²) in [5.41, 5.74) is 2.99. The fraction of sp³-hybridized carbons (Fsp3) is 0.143. The number of carbonyl (C=O) groups excluding carboxylic acids is 1. The Morgan fingerprint density at radius 2 is 1.88 bits per heavy atom. The number of benzene rings is 1. The van der Waals surface area contributed by atoms with Crippen LogP contribution in [-0.4, -0.2) is 35.6 Å². The van der Waals surface area contributed by atoms with Crippen LogP contribution in [0.4, 0.5) is 20.7 Å². The average molecular weight is 538 g/mol. The van der Waals surface area contributed by atoms with Crippen LogP contribution in [0.15, 0.2) is 73.3 Å². The highest BCUT2D eigenvalue weighted by Crippen LogP contribution is 2.28. The van der Waals surface area contributed by atoms with Gasteiger partial charge in [0, 0.05) is 43.2 Å². The van der Waals surface area contributed by atoms with E-state index in [1.807, 2.05) is 33.2 Å². The summed E-state index contributed by atoms with van der Waals surface area (Å²) in [6.45, 7) is 3.94. The highest BCUT2D eigenvalue weighted by Gasteiger charge is 2.16. The molecule has 0 atom stereocenters. The number of hydrogen-bond acceptors (Lipinski definition) is 7. The quantitative estimate of drug-likeness (QED) is 0.274. The van der Waals surface area contributed by atoms with E-state index in [2.05, 4.69) is 30.8 Å². The number of aryl methyl sites for hydroxylation is 1. The van der Waals surface area contributed by atoms with Gasteiger partial charge in [-0.1, -0.05) is 13.8 Å². The molecule has 0 aliphatic rings. The molecule has 0 saturated carbocycles. The second-order valence-corrected chi connectivity index (χ2v) is 9.14. The van der Waals surface area contributed by atoms with Crippen LogP contribution in [-0.2, 0) is 7.05 Å². The Hall–Kier alpha value is -5.57. The summed E-state index contributed by atoms with van der Waals surface area (Å²) in [6, 6.07) is 13.8. The normalized spacial score (nSPS) is 10.8. The molecule has 2 N–H and O–H groups in total. The summed E-state index contributed by atoms with van der Waals surface area (Å²) in [7, 11) is 1.81. The fourth-order valence-electron chi connectivity index (χ4n) is 3.80. The van der Waals surface area contributed by atoms with Crippen LogP contribution in [0.1, 0.15) is 31.2 Å². The van der Waals surface area contributed by atoms with E-state index in [1.165, 1.54) is 23.0 Å². The highest BCUT2D eigenvalue weighted by molar-refractivity contribution is 5.99. The van der Waals surface area contributed by atoms with Crippen molar-refractivity contribution in [2.45, 2.75) is 19.8 Å². The molecule has 0 radical (unpaired) electrons. The van der Waals surface area contributed by atoms with Gasteiger partial charge in [-0.15, -0.1) is 0 Å². The molecule has 12 heteroatoms. The number of carbonyl (C=O) groups is 1. The van der Waals surface area contributed by atoms with Crippen LogP contribution in [0.25, 0.3) is 16.9 Å². The average Bonchev–Trinajstić information content (AvgIpc) is 3.57. The van der Waals surface area contributed by atoms with Gasteiger partial charge in [0.25, 0.3) is 0 Å². The lowest BCUT2D eigenvalue weighted by Crippen LogP contribution is -2.22. The Bertz CT molecular complexity index is 1720. The monoisotopic (exact) mass is 537 g/mol. The minimum Gasteiger partial charge on any atom is -0.457 e. The van der Waals surface area contributed by atoms with Gasteiger partial charge in [0.05, 0.1) is 35.2 Å². The van der Waals surface area contributed by atoms with E-state index in [0.717, 1.165) is 11.3 Å². The molecule has 0 fully saturated rings. The molecule has 4 aromatic heterocycles. The number of nitrogens with zero attached hydrogens (tertiary/aromatic N) is 7. The molecule has 5 aromatic rings. The molecule has 0 bridgehead atoms. The van der Waals surface area contributed by atoms with Gasteiger partial charge in [-0.2, -0.15) is 15.5 Å². The largest absolute Gasteiger partial charge is 0.457 e. The van der Waals surface area contributed by atoms with E-state index in [1.54, 1.807) is 53.5 Å². The summed E-state index contributed by atoms with van der Waals surface area (Å²) in [5.74, 6) is 0.483. The Labute approximate surface area is 228 Å². The molecular formula is C28H24FN9O2. The van der Waals surface area contributed by atoms with Crippen LogP contribution in [0.3, 0.4) is 0 Å². The third kappa shape index (κ3) is 5.78. The van der Waals surface area contributed by atoms with E-state index in [0.29, 0.717) is 22.9 Å². The van der Waals surface area contributed by atoms with Gasteiger partial charge < -0.3 is 10.1 Å². The number of anilines is 2. The molecule has 0 aliphatic heterocycles. The third-order valence-electron chi connectivity index (χ3n) is 5.82. The minimum absolute atomic E-state index is 0.0363.